The third kappa shape index (κ3) is 4.16. The Morgan fingerprint density at radius 1 is 0.868 bits per heavy atom. The van der Waals surface area contributed by atoms with Crippen molar-refractivity contribution < 1.29 is 9.59 Å². The van der Waals surface area contributed by atoms with E-state index in [1.807, 2.05) is 11.1 Å². The Labute approximate surface area is 224 Å². The Kier molecular flexibility index (Phi) is 6.41. The minimum atomic E-state index is -0.492. The molecule has 38 heavy (non-hydrogen) atoms. The van der Waals surface area contributed by atoms with Gasteiger partial charge in [0, 0.05) is 65.3 Å². The van der Waals surface area contributed by atoms with Crippen molar-refractivity contribution in [2.45, 2.75) is 25.2 Å². The van der Waals surface area contributed by atoms with Crippen molar-refractivity contribution in [1.29, 1.82) is 0 Å². The minimum Gasteiger partial charge on any atom is -0.313 e. The number of hydrogen-bond donors (Lipinski definition) is 0. The number of nitrogens with zero attached hydrogens (tertiary/aromatic N) is 7. The largest absolute Gasteiger partial charge is 0.328 e. The summed E-state index contributed by atoms with van der Waals surface area (Å²) in [4.78, 5) is 42.2. The van der Waals surface area contributed by atoms with Gasteiger partial charge in [-0.25, -0.2) is 9.79 Å². The molecule has 2 fully saturated rings. The number of benzene rings is 2. The molecule has 198 valence electrons. The zero-order valence-electron chi connectivity index (χ0n) is 22.3. The molecule has 4 aliphatic heterocycles. The summed E-state index contributed by atoms with van der Waals surface area (Å²) in [6.07, 6.45) is 1.52. The number of amides is 3. The smallest absolute Gasteiger partial charge is 0.313 e. The molecule has 2 unspecified atom stereocenters. The van der Waals surface area contributed by atoms with Crippen molar-refractivity contribution >= 4 is 17.9 Å². The highest BCUT2D eigenvalue weighted by molar-refractivity contribution is 6.04. The molecule has 2 aromatic rings. The molecule has 2 saturated heterocycles. The van der Waals surface area contributed by atoms with Gasteiger partial charge in [0.15, 0.2) is 12.2 Å². The molecule has 0 radical (unpaired) electrons. The highest BCUT2D eigenvalue weighted by atomic mass is 16.2. The molecule has 2 atom stereocenters. The molecule has 2 aromatic carbocycles. The van der Waals surface area contributed by atoms with E-state index in [1.54, 1.807) is 19.0 Å². The van der Waals surface area contributed by atoms with Crippen molar-refractivity contribution in [3.63, 3.8) is 0 Å². The van der Waals surface area contributed by atoms with E-state index in [9.17, 15) is 9.59 Å². The van der Waals surface area contributed by atoms with Gasteiger partial charge in [-0.2, -0.15) is 0 Å². The van der Waals surface area contributed by atoms with Crippen molar-refractivity contribution in [2.75, 3.05) is 53.4 Å². The maximum atomic E-state index is 12.9. The molecule has 3 amide bonds. The van der Waals surface area contributed by atoms with E-state index in [1.165, 1.54) is 16.0 Å². The van der Waals surface area contributed by atoms with E-state index in [0.29, 0.717) is 0 Å². The fraction of sp³-hybridized carbons (Fsp3) is 0.414. The van der Waals surface area contributed by atoms with Crippen LogP contribution in [0.4, 0.5) is 4.79 Å². The number of carbonyl (C=O) groups excluding carboxylic acids is 2. The number of rotatable bonds is 6. The first-order chi connectivity index (χ1) is 18.4. The lowest BCUT2D eigenvalue weighted by molar-refractivity contribution is -0.135. The summed E-state index contributed by atoms with van der Waals surface area (Å²) in [6, 6.07) is 21.0. The first-order valence-electron chi connectivity index (χ1n) is 13.4. The number of piperazine rings is 1. The van der Waals surface area contributed by atoms with Crippen LogP contribution in [0.2, 0.25) is 0 Å². The maximum absolute atomic E-state index is 12.9. The van der Waals surface area contributed by atoms with E-state index < -0.39 is 12.2 Å². The molecule has 4 heterocycles. The molecule has 4 aliphatic rings. The molecule has 0 bridgehead atoms. The molecule has 9 heteroatoms. The minimum absolute atomic E-state index is 0.203. The molecule has 0 N–H and O–H groups in total. The maximum Gasteiger partial charge on any atom is 0.328 e. The zero-order chi connectivity index (χ0) is 26.4. The standard InChI is InChI=1S/C29H35N7O2/c1-21-20-36-25-26(31(2)29(38)32(3)27(25)37)30-28(36)35(21)19-16-33-14-17-34(18-15-33)24(22-10-6-4-7-11-22)23-12-8-5-9-13-23/h4-13,20,24-26H,14-19H2,1-3H3. The fourth-order valence-corrected chi connectivity index (χ4v) is 6.13. The molecule has 0 aliphatic carbocycles. The van der Waals surface area contributed by atoms with E-state index in [2.05, 4.69) is 82.3 Å². The average molecular weight is 514 g/mol. The monoisotopic (exact) mass is 513 g/mol. The van der Waals surface area contributed by atoms with E-state index in [4.69, 9.17) is 4.99 Å². The van der Waals surface area contributed by atoms with Crippen LogP contribution in [0.5, 0.6) is 0 Å². The second kappa shape index (κ2) is 9.89. The lowest BCUT2D eigenvalue weighted by Gasteiger charge is -2.40. The molecular weight excluding hydrogens is 478 g/mol. The van der Waals surface area contributed by atoms with Gasteiger partial charge in [0.2, 0.25) is 5.96 Å². The van der Waals surface area contributed by atoms with Gasteiger partial charge in [-0.3, -0.25) is 19.5 Å². The van der Waals surface area contributed by atoms with Crippen LogP contribution in [-0.4, -0.2) is 113 Å². The van der Waals surface area contributed by atoms with Crippen LogP contribution in [0.3, 0.4) is 0 Å². The average Bonchev–Trinajstić information content (AvgIpc) is 3.46. The van der Waals surface area contributed by atoms with Gasteiger partial charge in [0.1, 0.15) is 0 Å². The predicted octanol–water partition coefficient (Wildman–Crippen LogP) is 2.46. The lowest BCUT2D eigenvalue weighted by Crippen LogP contribution is -2.63. The second-order valence-electron chi connectivity index (χ2n) is 10.5. The number of urea groups is 1. The SMILES string of the molecule is CC1=CN2C(=NC3C2C(=O)N(C)C(=O)N3C)N1CCN1CCN(C(c2ccccc2)c2ccccc2)CC1. The summed E-state index contributed by atoms with van der Waals surface area (Å²) in [5.74, 6) is 0.568. The molecule has 0 saturated carbocycles. The van der Waals surface area contributed by atoms with Crippen molar-refractivity contribution in [3.05, 3.63) is 83.7 Å². The van der Waals surface area contributed by atoms with Gasteiger partial charge in [0.25, 0.3) is 5.91 Å². The third-order valence-corrected chi connectivity index (χ3v) is 8.27. The number of hydrogen-bond acceptors (Lipinski definition) is 7. The van der Waals surface area contributed by atoms with Crippen LogP contribution in [0.1, 0.15) is 24.1 Å². The number of guanidine groups is 1. The van der Waals surface area contributed by atoms with Crippen LogP contribution >= 0.6 is 0 Å². The Morgan fingerprint density at radius 3 is 2.08 bits per heavy atom. The molecule has 0 spiro atoms. The summed E-state index contributed by atoms with van der Waals surface area (Å²) in [7, 11) is 3.26. The first-order valence-corrected chi connectivity index (χ1v) is 13.4. The van der Waals surface area contributed by atoms with Crippen LogP contribution in [0, 0.1) is 0 Å². The summed E-state index contributed by atoms with van der Waals surface area (Å²) in [6.45, 7) is 7.74. The summed E-state index contributed by atoms with van der Waals surface area (Å²) >= 11 is 0. The van der Waals surface area contributed by atoms with Gasteiger partial charge in [-0.1, -0.05) is 60.7 Å². The highest BCUT2D eigenvalue weighted by Crippen LogP contribution is 2.34. The Balaban J connectivity index is 1.10. The number of fused-ring (bicyclic) bond motifs is 3. The van der Waals surface area contributed by atoms with Crippen molar-refractivity contribution in [1.82, 2.24) is 29.4 Å². The van der Waals surface area contributed by atoms with Crippen LogP contribution in [0.15, 0.2) is 77.6 Å². The Bertz CT molecular complexity index is 1220. The number of aliphatic imine (C=N–C) groups is 1. The number of likely N-dealkylation sites (N-methyl/N-ethyl adjacent to an activating group) is 2. The van der Waals surface area contributed by atoms with E-state index >= 15 is 0 Å². The molecule has 6 rings (SSSR count). The van der Waals surface area contributed by atoms with Crippen molar-refractivity contribution in [2.24, 2.45) is 4.99 Å². The highest BCUT2D eigenvalue weighted by Gasteiger charge is 2.53. The number of allylic oxidation sites excluding steroid dienone is 1. The van der Waals surface area contributed by atoms with Gasteiger partial charge in [0.05, 0.1) is 6.04 Å². The normalized spacial score (nSPS) is 24.2. The summed E-state index contributed by atoms with van der Waals surface area (Å²) in [5, 5.41) is 0. The van der Waals surface area contributed by atoms with E-state index in [-0.39, 0.29) is 18.0 Å². The number of imide groups is 1. The number of carbonyl (C=O) groups is 2. The lowest BCUT2D eigenvalue weighted by atomic mass is 9.96. The second-order valence-corrected chi connectivity index (χ2v) is 10.5. The molecule has 9 nitrogen and oxygen atoms in total. The van der Waals surface area contributed by atoms with Crippen molar-refractivity contribution in [3.8, 4) is 0 Å². The molecular formula is C29H35N7O2. The van der Waals surface area contributed by atoms with Gasteiger partial charge in [-0.05, 0) is 18.1 Å². The van der Waals surface area contributed by atoms with E-state index in [0.717, 1.165) is 50.9 Å². The van der Waals surface area contributed by atoms with Gasteiger partial charge >= 0.3 is 6.03 Å². The van der Waals surface area contributed by atoms with Gasteiger partial charge in [-0.15, -0.1) is 0 Å². The quantitative estimate of drug-likeness (QED) is 0.591. The Morgan fingerprint density at radius 2 is 1.47 bits per heavy atom. The summed E-state index contributed by atoms with van der Waals surface area (Å²) in [5.41, 5.74) is 3.73. The van der Waals surface area contributed by atoms with Crippen LogP contribution in [0.25, 0.3) is 0 Å². The predicted molar refractivity (Wildman–Crippen MR) is 146 cm³/mol. The topological polar surface area (TPSA) is 65.9 Å². The third-order valence-electron chi connectivity index (χ3n) is 8.27. The molecule has 0 aromatic heterocycles. The van der Waals surface area contributed by atoms with Crippen LogP contribution < -0.4 is 0 Å². The fourth-order valence-electron chi connectivity index (χ4n) is 6.13. The first kappa shape index (κ1) is 24.6. The Hall–Kier alpha value is -3.69. The summed E-state index contributed by atoms with van der Waals surface area (Å²) < 4.78 is 0. The van der Waals surface area contributed by atoms with Gasteiger partial charge < -0.3 is 14.7 Å². The van der Waals surface area contributed by atoms with Crippen LogP contribution in [-0.2, 0) is 4.79 Å². The zero-order valence-corrected chi connectivity index (χ0v) is 22.3.